The second-order valence-corrected chi connectivity index (χ2v) is 7.02. The van der Waals surface area contributed by atoms with Gasteiger partial charge in [-0.3, -0.25) is 0 Å². The molecule has 0 aliphatic carbocycles. The summed E-state index contributed by atoms with van der Waals surface area (Å²) in [4.78, 5) is 15.6. The number of morpholine rings is 1. The Morgan fingerprint density at radius 1 is 0.889 bits per heavy atom. The Balaban J connectivity index is 1.44. The fraction of sp³-hybridized carbons (Fsp3) is 0.421. The molecule has 2 fully saturated rings. The summed E-state index contributed by atoms with van der Waals surface area (Å²) in [6.45, 7) is 6.52. The topological polar surface area (TPSA) is 68.5 Å². The lowest BCUT2D eigenvalue weighted by molar-refractivity contribution is 0.122. The maximum atomic E-state index is 9.38. The van der Waals surface area contributed by atoms with Gasteiger partial charge < -0.3 is 19.4 Å². The van der Waals surface area contributed by atoms with Crippen LogP contribution in [0.1, 0.15) is 5.56 Å². The van der Waals surface area contributed by atoms with Crippen LogP contribution in [0.4, 0.5) is 17.3 Å². The number of nitriles is 1. The fourth-order valence-corrected chi connectivity index (χ4v) is 3.70. The van der Waals surface area contributed by atoms with E-state index in [1.54, 1.807) is 12.4 Å². The van der Waals surface area contributed by atoms with Crippen molar-refractivity contribution in [2.45, 2.75) is 0 Å². The number of aromatic nitrogens is 2. The minimum absolute atomic E-state index is 0.588. The molecule has 0 N–H and O–H groups in total. The van der Waals surface area contributed by atoms with E-state index in [0.29, 0.717) is 10.6 Å². The van der Waals surface area contributed by atoms with Crippen LogP contribution in [0.2, 0.25) is 5.02 Å². The summed E-state index contributed by atoms with van der Waals surface area (Å²) in [5, 5.41) is 9.97. The summed E-state index contributed by atoms with van der Waals surface area (Å²) < 4.78 is 5.42. The van der Waals surface area contributed by atoms with Gasteiger partial charge in [0.25, 0.3) is 0 Å². The van der Waals surface area contributed by atoms with Crippen molar-refractivity contribution in [2.24, 2.45) is 0 Å². The number of piperazine rings is 1. The molecule has 1 aromatic heterocycles. The lowest BCUT2D eigenvalue weighted by Crippen LogP contribution is -2.47. The first-order chi connectivity index (χ1) is 13.2. The molecule has 3 heterocycles. The molecular formula is C19H21ClN6O. The van der Waals surface area contributed by atoms with Gasteiger partial charge in [0.05, 0.1) is 24.5 Å². The highest BCUT2D eigenvalue weighted by Crippen LogP contribution is 2.26. The third kappa shape index (κ3) is 3.92. The number of nitrogens with zero attached hydrogens (tertiary/aromatic N) is 6. The lowest BCUT2D eigenvalue weighted by Gasteiger charge is -2.37. The van der Waals surface area contributed by atoms with E-state index in [1.165, 1.54) is 0 Å². The van der Waals surface area contributed by atoms with Gasteiger partial charge in [0.15, 0.2) is 0 Å². The SMILES string of the molecule is N#Cc1cc(Cl)ccc1N1CCN(c2cc(N3CCOCC3)ncn2)CC1. The zero-order chi connectivity index (χ0) is 18.6. The van der Waals surface area contributed by atoms with Crippen LogP contribution in [0.3, 0.4) is 0 Å². The third-order valence-electron chi connectivity index (χ3n) is 5.00. The van der Waals surface area contributed by atoms with Crippen LogP contribution in [0.25, 0.3) is 0 Å². The number of hydrogen-bond donors (Lipinski definition) is 0. The van der Waals surface area contributed by atoms with Gasteiger partial charge in [-0.25, -0.2) is 9.97 Å². The Labute approximate surface area is 163 Å². The molecule has 1 aromatic carbocycles. The zero-order valence-electron chi connectivity index (χ0n) is 15.0. The van der Waals surface area contributed by atoms with Gasteiger partial charge in [0.2, 0.25) is 0 Å². The summed E-state index contributed by atoms with van der Waals surface area (Å²) in [7, 11) is 0. The van der Waals surface area contributed by atoms with Gasteiger partial charge in [-0.15, -0.1) is 0 Å². The largest absolute Gasteiger partial charge is 0.378 e. The van der Waals surface area contributed by atoms with Crippen molar-refractivity contribution >= 4 is 28.9 Å². The highest BCUT2D eigenvalue weighted by molar-refractivity contribution is 6.30. The van der Waals surface area contributed by atoms with E-state index in [4.69, 9.17) is 16.3 Å². The van der Waals surface area contributed by atoms with Crippen LogP contribution < -0.4 is 14.7 Å². The molecule has 8 heteroatoms. The average molecular weight is 385 g/mol. The highest BCUT2D eigenvalue weighted by atomic mass is 35.5. The number of halogens is 1. The van der Waals surface area contributed by atoms with Crippen LogP contribution in [-0.2, 0) is 4.74 Å². The minimum Gasteiger partial charge on any atom is -0.378 e. The second kappa shape index (κ2) is 7.99. The molecule has 0 bridgehead atoms. The van der Waals surface area contributed by atoms with Crippen molar-refractivity contribution in [3.8, 4) is 6.07 Å². The van der Waals surface area contributed by atoms with Crippen molar-refractivity contribution in [3.05, 3.63) is 41.2 Å². The van der Waals surface area contributed by atoms with Gasteiger partial charge in [-0.2, -0.15) is 5.26 Å². The first-order valence-electron chi connectivity index (χ1n) is 9.09. The molecular weight excluding hydrogens is 364 g/mol. The van der Waals surface area contributed by atoms with Crippen molar-refractivity contribution in [2.75, 3.05) is 67.2 Å². The number of hydrogen-bond acceptors (Lipinski definition) is 7. The molecule has 4 rings (SSSR count). The quantitative estimate of drug-likeness (QED) is 0.803. The maximum Gasteiger partial charge on any atom is 0.134 e. The van der Waals surface area contributed by atoms with E-state index in [0.717, 1.165) is 69.8 Å². The average Bonchev–Trinajstić information content (AvgIpc) is 2.74. The number of ether oxygens (including phenoxy) is 1. The Hall–Kier alpha value is -2.56. The van der Waals surface area contributed by atoms with Crippen molar-refractivity contribution < 1.29 is 4.74 Å². The molecule has 2 aliphatic heterocycles. The van der Waals surface area contributed by atoms with Crippen LogP contribution in [0.5, 0.6) is 0 Å². The van der Waals surface area contributed by atoms with E-state index in [9.17, 15) is 5.26 Å². The Morgan fingerprint density at radius 2 is 1.52 bits per heavy atom. The van der Waals surface area contributed by atoms with Crippen molar-refractivity contribution in [1.82, 2.24) is 9.97 Å². The van der Waals surface area contributed by atoms with Crippen LogP contribution in [0.15, 0.2) is 30.6 Å². The predicted molar refractivity (Wildman–Crippen MR) is 106 cm³/mol. The highest BCUT2D eigenvalue weighted by Gasteiger charge is 2.21. The van der Waals surface area contributed by atoms with E-state index < -0.39 is 0 Å². The molecule has 7 nitrogen and oxygen atoms in total. The summed E-state index contributed by atoms with van der Waals surface area (Å²) in [6.07, 6.45) is 1.64. The number of rotatable bonds is 3. The van der Waals surface area contributed by atoms with Crippen LogP contribution >= 0.6 is 11.6 Å². The first kappa shape index (κ1) is 17.8. The molecule has 0 unspecified atom stereocenters. The van der Waals surface area contributed by atoms with Gasteiger partial charge in [0, 0.05) is 50.4 Å². The summed E-state index contributed by atoms with van der Waals surface area (Å²) in [5.74, 6) is 1.90. The molecule has 2 aliphatic rings. The van der Waals surface area contributed by atoms with E-state index in [1.807, 2.05) is 12.1 Å². The monoisotopic (exact) mass is 384 g/mol. The van der Waals surface area contributed by atoms with Gasteiger partial charge in [0.1, 0.15) is 24.0 Å². The number of benzene rings is 1. The second-order valence-electron chi connectivity index (χ2n) is 6.58. The summed E-state index contributed by atoms with van der Waals surface area (Å²) in [5.41, 5.74) is 1.56. The third-order valence-corrected chi connectivity index (χ3v) is 5.23. The molecule has 0 radical (unpaired) electrons. The van der Waals surface area contributed by atoms with E-state index >= 15 is 0 Å². The fourth-order valence-electron chi connectivity index (χ4n) is 3.53. The van der Waals surface area contributed by atoms with Crippen LogP contribution in [-0.4, -0.2) is 62.5 Å². The molecule has 140 valence electrons. The van der Waals surface area contributed by atoms with E-state index in [2.05, 4.69) is 36.8 Å². The maximum absolute atomic E-state index is 9.38. The normalized spacial score (nSPS) is 17.7. The molecule has 0 amide bonds. The van der Waals surface area contributed by atoms with Crippen molar-refractivity contribution in [3.63, 3.8) is 0 Å². The standard InChI is InChI=1S/C19H21ClN6O/c20-16-1-2-17(15(11-16)13-21)24-3-5-25(6-4-24)18-12-19(23-14-22-18)26-7-9-27-10-8-26/h1-2,11-12,14H,3-10H2. The molecule has 0 saturated carbocycles. The summed E-state index contributed by atoms with van der Waals surface area (Å²) in [6, 6.07) is 9.79. The predicted octanol–water partition coefficient (Wildman–Crippen LogP) is 2.16. The number of anilines is 3. The van der Waals surface area contributed by atoms with Gasteiger partial charge in [-0.1, -0.05) is 11.6 Å². The Morgan fingerprint density at radius 3 is 2.19 bits per heavy atom. The molecule has 2 saturated heterocycles. The molecule has 27 heavy (non-hydrogen) atoms. The molecule has 0 atom stereocenters. The zero-order valence-corrected chi connectivity index (χ0v) is 15.8. The van der Waals surface area contributed by atoms with Gasteiger partial charge >= 0.3 is 0 Å². The van der Waals surface area contributed by atoms with Crippen LogP contribution in [0, 0.1) is 11.3 Å². The smallest absolute Gasteiger partial charge is 0.134 e. The van der Waals surface area contributed by atoms with E-state index in [-0.39, 0.29) is 0 Å². The molecule has 2 aromatic rings. The van der Waals surface area contributed by atoms with Gasteiger partial charge in [-0.05, 0) is 18.2 Å². The van der Waals surface area contributed by atoms with Crippen molar-refractivity contribution in [1.29, 1.82) is 5.26 Å². The Bertz CT molecular complexity index is 840. The lowest BCUT2D eigenvalue weighted by atomic mass is 10.1. The first-order valence-corrected chi connectivity index (χ1v) is 9.47. The Kier molecular flexibility index (Phi) is 5.28. The minimum atomic E-state index is 0.588. The molecule has 0 spiro atoms. The summed E-state index contributed by atoms with van der Waals surface area (Å²) >= 11 is 6.01.